The lowest BCUT2D eigenvalue weighted by atomic mass is 10.3. The Hall–Kier alpha value is -1.37. The average molecular weight is 292 g/mol. The fraction of sp³-hybridized carbons (Fsp3) is 0.222. The quantitative estimate of drug-likeness (QED) is 0.804. The van der Waals surface area contributed by atoms with Crippen LogP contribution in [0.15, 0.2) is 34.9 Å². The number of carbonyl (C=O) groups is 1. The molecule has 2 aliphatic rings. The Balaban J connectivity index is 2.08. The lowest BCUT2D eigenvalue weighted by Gasteiger charge is -2.26. The summed E-state index contributed by atoms with van der Waals surface area (Å²) in [4.78, 5) is 12.5. The molecule has 0 fully saturated rings. The Morgan fingerprint density at radius 1 is 1.62 bits per heavy atom. The van der Waals surface area contributed by atoms with Crippen LogP contribution in [0.1, 0.15) is 0 Å². The van der Waals surface area contributed by atoms with E-state index in [-0.39, 0.29) is 6.17 Å². The van der Waals surface area contributed by atoms with Crippen LogP contribution in [0.2, 0.25) is 0 Å². The van der Waals surface area contributed by atoms with Gasteiger partial charge in [-0.1, -0.05) is 0 Å². The Morgan fingerprint density at radius 2 is 2.38 bits per heavy atom. The van der Waals surface area contributed by atoms with E-state index in [4.69, 9.17) is 0 Å². The van der Waals surface area contributed by atoms with Crippen LogP contribution in [0.3, 0.4) is 0 Å². The summed E-state index contributed by atoms with van der Waals surface area (Å²) < 4.78 is 24.9. The maximum Gasteiger partial charge on any atom is 0.315 e. The van der Waals surface area contributed by atoms with Crippen molar-refractivity contribution < 1.29 is 13.6 Å². The van der Waals surface area contributed by atoms with Gasteiger partial charge in [0.2, 0.25) is 0 Å². The van der Waals surface area contributed by atoms with Crippen LogP contribution < -0.4 is 10.6 Å². The first kappa shape index (κ1) is 11.1. The summed E-state index contributed by atoms with van der Waals surface area (Å²) in [6.07, 6.45) is 3.68. The van der Waals surface area contributed by atoms with Crippen LogP contribution >= 0.6 is 15.9 Å². The van der Waals surface area contributed by atoms with Crippen LogP contribution in [0.5, 0.6) is 0 Å². The van der Waals surface area contributed by atoms with E-state index in [0.29, 0.717) is 5.82 Å². The molecule has 0 aliphatic carbocycles. The molecule has 4 nitrogen and oxygen atoms in total. The van der Waals surface area contributed by atoms with E-state index in [2.05, 4.69) is 26.6 Å². The van der Waals surface area contributed by atoms with Crippen LogP contribution in [-0.2, 0) is 4.79 Å². The first-order valence-electron chi connectivity index (χ1n) is 4.47. The maximum absolute atomic E-state index is 12.1. The van der Waals surface area contributed by atoms with Gasteiger partial charge in [0.05, 0.1) is 0 Å². The Kier molecular flexibility index (Phi) is 2.95. The lowest BCUT2D eigenvalue weighted by molar-refractivity contribution is -0.131. The molecular weight excluding hydrogens is 284 g/mol. The zero-order valence-electron chi connectivity index (χ0n) is 7.95. The number of carbonyl (C=O) groups excluding carboxylic acids is 1. The van der Waals surface area contributed by atoms with Crippen molar-refractivity contribution in [1.29, 1.82) is 0 Å². The molecule has 7 heteroatoms. The number of hydrogen-bond acceptors (Lipinski definition) is 3. The summed E-state index contributed by atoms with van der Waals surface area (Å²) in [5.74, 6) is -1.01. The number of hydrogen-bond donors (Lipinski definition) is 2. The van der Waals surface area contributed by atoms with Crippen molar-refractivity contribution in [2.24, 2.45) is 0 Å². The fourth-order valence-electron chi connectivity index (χ4n) is 1.41. The van der Waals surface area contributed by atoms with Gasteiger partial charge in [0.1, 0.15) is 12.0 Å². The molecule has 0 saturated carbocycles. The van der Waals surface area contributed by atoms with Gasteiger partial charge in [0.25, 0.3) is 5.91 Å². The Morgan fingerprint density at radius 3 is 3.06 bits per heavy atom. The van der Waals surface area contributed by atoms with Crippen molar-refractivity contribution in [1.82, 2.24) is 15.5 Å². The predicted octanol–water partition coefficient (Wildman–Crippen LogP) is 1.20. The first-order chi connectivity index (χ1) is 7.58. The minimum absolute atomic E-state index is 0.144. The van der Waals surface area contributed by atoms with Crippen LogP contribution in [-0.4, -0.2) is 23.4 Å². The zero-order valence-corrected chi connectivity index (χ0v) is 9.54. The van der Waals surface area contributed by atoms with Crippen molar-refractivity contribution in [3.8, 4) is 0 Å². The number of halogens is 3. The third-order valence-electron chi connectivity index (χ3n) is 2.12. The molecule has 0 aromatic rings. The van der Waals surface area contributed by atoms with Crippen molar-refractivity contribution in [3.05, 3.63) is 34.9 Å². The molecule has 0 spiro atoms. The van der Waals surface area contributed by atoms with Gasteiger partial charge in [-0.2, -0.15) is 8.78 Å². The topological polar surface area (TPSA) is 44.4 Å². The lowest BCUT2D eigenvalue weighted by Crippen LogP contribution is -2.39. The number of amides is 1. The number of nitrogens with one attached hydrogen (secondary N) is 2. The van der Waals surface area contributed by atoms with E-state index in [1.807, 2.05) is 12.2 Å². The normalized spacial score (nSPS) is 22.5. The second-order valence-electron chi connectivity index (χ2n) is 3.21. The second-order valence-corrected chi connectivity index (χ2v) is 4.13. The minimum atomic E-state index is -3.02. The van der Waals surface area contributed by atoms with Crippen molar-refractivity contribution in [2.75, 3.05) is 0 Å². The molecule has 0 saturated heterocycles. The molecule has 0 aromatic heterocycles. The molecule has 16 heavy (non-hydrogen) atoms. The summed E-state index contributed by atoms with van der Waals surface area (Å²) >= 11 is 3.26. The average Bonchev–Trinajstić information content (AvgIpc) is 2.61. The fourth-order valence-corrected chi connectivity index (χ4v) is 1.78. The van der Waals surface area contributed by atoms with E-state index < -0.39 is 12.3 Å². The van der Waals surface area contributed by atoms with Crippen LogP contribution in [0.25, 0.3) is 0 Å². The highest BCUT2D eigenvalue weighted by molar-refractivity contribution is 9.11. The number of allylic oxidation sites excluding steroid dienone is 2. The predicted molar refractivity (Wildman–Crippen MR) is 57.1 cm³/mol. The van der Waals surface area contributed by atoms with E-state index in [9.17, 15) is 13.6 Å². The highest BCUT2D eigenvalue weighted by atomic mass is 79.9. The number of nitrogens with zero attached hydrogens (tertiary/aromatic N) is 1. The molecule has 1 unspecified atom stereocenters. The van der Waals surface area contributed by atoms with Crippen molar-refractivity contribution in [2.45, 2.75) is 12.6 Å². The van der Waals surface area contributed by atoms with E-state index in [1.54, 1.807) is 11.1 Å². The highest BCUT2D eigenvalue weighted by Gasteiger charge is 2.27. The summed E-state index contributed by atoms with van der Waals surface area (Å²) in [5, 5.41) is 5.06. The van der Waals surface area contributed by atoms with Gasteiger partial charge in [-0.05, 0) is 28.1 Å². The van der Waals surface area contributed by atoms with Gasteiger partial charge < -0.3 is 15.5 Å². The molecule has 2 rings (SSSR count). The minimum Gasteiger partial charge on any atom is -0.365 e. The molecule has 1 amide bonds. The first-order valence-corrected chi connectivity index (χ1v) is 5.26. The van der Waals surface area contributed by atoms with Gasteiger partial charge in [-0.15, -0.1) is 0 Å². The molecule has 0 aromatic carbocycles. The summed E-state index contributed by atoms with van der Waals surface area (Å²) in [7, 11) is 0. The summed E-state index contributed by atoms with van der Waals surface area (Å²) in [6.45, 7) is 0. The van der Waals surface area contributed by atoms with Gasteiger partial charge in [0.15, 0.2) is 0 Å². The van der Waals surface area contributed by atoms with E-state index in [0.717, 1.165) is 4.48 Å². The maximum atomic E-state index is 12.1. The molecule has 2 aliphatic heterocycles. The van der Waals surface area contributed by atoms with Crippen molar-refractivity contribution >= 4 is 21.8 Å². The molecule has 0 bridgehead atoms. The summed E-state index contributed by atoms with van der Waals surface area (Å²) in [6, 6.07) is 0. The van der Waals surface area contributed by atoms with Gasteiger partial charge in [-0.3, -0.25) is 4.79 Å². The number of rotatable bonds is 2. The van der Waals surface area contributed by atoms with E-state index >= 15 is 0 Å². The molecule has 1 atom stereocenters. The van der Waals surface area contributed by atoms with Gasteiger partial charge >= 0.3 is 6.43 Å². The molecule has 2 N–H and O–H groups in total. The second kappa shape index (κ2) is 4.25. The molecule has 2 heterocycles. The third-order valence-corrected chi connectivity index (χ3v) is 2.59. The summed E-state index contributed by atoms with van der Waals surface area (Å²) in [5.41, 5.74) is 0. The Bertz CT molecular complexity index is 406. The van der Waals surface area contributed by atoms with Gasteiger partial charge in [0, 0.05) is 16.9 Å². The SMILES string of the molecule is O=C(NC1=CNC2C=CC(Br)=CN12)C(F)F. The zero-order chi connectivity index (χ0) is 11.7. The van der Waals surface area contributed by atoms with Crippen molar-refractivity contribution in [3.63, 3.8) is 0 Å². The van der Waals surface area contributed by atoms with E-state index in [1.165, 1.54) is 6.20 Å². The molecule has 86 valence electrons. The Labute approximate surface area is 98.8 Å². The molecule has 0 radical (unpaired) electrons. The van der Waals surface area contributed by atoms with Crippen LogP contribution in [0, 0.1) is 0 Å². The standard InChI is InChI=1S/C9H8BrF2N3O/c10-5-1-2-6-13-3-7(15(6)4-5)14-9(16)8(11)12/h1-4,6,8,13H,(H,14,16). The van der Waals surface area contributed by atoms with Crippen LogP contribution in [0.4, 0.5) is 8.78 Å². The third kappa shape index (κ3) is 2.08. The largest absolute Gasteiger partial charge is 0.365 e. The number of alkyl halides is 2. The van der Waals surface area contributed by atoms with Gasteiger partial charge in [-0.25, -0.2) is 0 Å². The number of fused-ring (bicyclic) bond motifs is 1. The monoisotopic (exact) mass is 291 g/mol. The highest BCUT2D eigenvalue weighted by Crippen LogP contribution is 2.23. The smallest absolute Gasteiger partial charge is 0.315 e. The molecular formula is C9H8BrF2N3O.